The minimum Gasteiger partial charge on any atom is -0.495 e. The van der Waals surface area contributed by atoms with E-state index in [2.05, 4.69) is 6.92 Å². The van der Waals surface area contributed by atoms with Crippen LogP contribution in [-0.4, -0.2) is 17.5 Å². The van der Waals surface area contributed by atoms with Crippen molar-refractivity contribution in [2.75, 3.05) is 7.11 Å². The molecule has 0 N–H and O–H groups in total. The maximum absolute atomic E-state index is 12.8. The summed E-state index contributed by atoms with van der Waals surface area (Å²) < 4.78 is 7.10. The first-order valence-corrected chi connectivity index (χ1v) is 8.32. The molecule has 23 heavy (non-hydrogen) atoms. The van der Waals surface area contributed by atoms with Crippen LogP contribution in [0.15, 0.2) is 29.1 Å². The second-order valence-electron chi connectivity index (χ2n) is 5.85. The standard InChI is InChI=1S/C19H25NO3/c1-4-5-6-7-10-13-20-16-12-9-8-11-15(16)18(23-3)17(14(2)21)19(20)22/h8-9,11-12H,4-7,10,13H2,1-3H3. The Bertz CT molecular complexity index is 746. The number of pyridine rings is 1. The van der Waals surface area contributed by atoms with Gasteiger partial charge in [-0.1, -0.05) is 44.7 Å². The molecule has 0 aliphatic heterocycles. The van der Waals surface area contributed by atoms with Crippen molar-refractivity contribution in [1.82, 2.24) is 4.57 Å². The monoisotopic (exact) mass is 315 g/mol. The van der Waals surface area contributed by atoms with Gasteiger partial charge in [-0.15, -0.1) is 0 Å². The van der Waals surface area contributed by atoms with Gasteiger partial charge in [0.25, 0.3) is 5.56 Å². The number of ether oxygens (including phenoxy) is 1. The molecule has 0 aliphatic rings. The van der Waals surface area contributed by atoms with Gasteiger partial charge in [-0.05, 0) is 25.5 Å². The third-order valence-electron chi connectivity index (χ3n) is 4.17. The van der Waals surface area contributed by atoms with E-state index in [0.29, 0.717) is 12.3 Å². The van der Waals surface area contributed by atoms with Gasteiger partial charge in [-0.25, -0.2) is 0 Å². The first-order chi connectivity index (χ1) is 11.1. The zero-order valence-electron chi connectivity index (χ0n) is 14.2. The Hall–Kier alpha value is -2.10. The Balaban J connectivity index is 2.48. The van der Waals surface area contributed by atoms with Gasteiger partial charge in [-0.2, -0.15) is 0 Å². The van der Waals surface area contributed by atoms with E-state index in [0.717, 1.165) is 23.7 Å². The molecule has 2 aromatic rings. The summed E-state index contributed by atoms with van der Waals surface area (Å²) in [5, 5.41) is 0.813. The van der Waals surface area contributed by atoms with Crippen molar-refractivity contribution in [2.24, 2.45) is 0 Å². The summed E-state index contributed by atoms with van der Waals surface area (Å²) in [7, 11) is 1.50. The maximum Gasteiger partial charge on any atom is 0.265 e. The number of ketones is 1. The van der Waals surface area contributed by atoms with Crippen LogP contribution in [-0.2, 0) is 6.54 Å². The zero-order chi connectivity index (χ0) is 16.8. The third kappa shape index (κ3) is 3.63. The molecule has 1 aromatic heterocycles. The lowest BCUT2D eigenvalue weighted by molar-refractivity contribution is 0.101. The summed E-state index contributed by atoms with van der Waals surface area (Å²) in [5.41, 5.74) is 0.734. The summed E-state index contributed by atoms with van der Waals surface area (Å²) in [6, 6.07) is 7.61. The van der Waals surface area contributed by atoms with E-state index in [-0.39, 0.29) is 16.9 Å². The molecule has 4 heteroatoms. The van der Waals surface area contributed by atoms with Gasteiger partial charge >= 0.3 is 0 Å². The quantitative estimate of drug-likeness (QED) is 0.542. The van der Waals surface area contributed by atoms with Gasteiger partial charge in [0, 0.05) is 11.9 Å². The molecular formula is C19H25NO3. The molecule has 2 rings (SSSR count). The van der Waals surface area contributed by atoms with Crippen LogP contribution < -0.4 is 10.3 Å². The fourth-order valence-electron chi connectivity index (χ4n) is 3.00. The minimum absolute atomic E-state index is 0.153. The molecule has 0 amide bonds. The Kier molecular flexibility index (Phi) is 5.97. The number of hydrogen-bond acceptors (Lipinski definition) is 3. The molecule has 1 aromatic carbocycles. The van der Waals surface area contributed by atoms with Crippen molar-refractivity contribution >= 4 is 16.7 Å². The van der Waals surface area contributed by atoms with Crippen molar-refractivity contribution in [3.05, 3.63) is 40.2 Å². The molecule has 0 bridgehead atoms. The first-order valence-electron chi connectivity index (χ1n) is 8.32. The van der Waals surface area contributed by atoms with Crippen molar-refractivity contribution in [2.45, 2.75) is 52.5 Å². The molecule has 1 heterocycles. The first kappa shape index (κ1) is 17.3. The van der Waals surface area contributed by atoms with Crippen LogP contribution in [0, 0.1) is 0 Å². The molecule has 0 saturated carbocycles. The molecule has 0 saturated heterocycles. The fraction of sp³-hybridized carbons (Fsp3) is 0.474. The molecule has 124 valence electrons. The highest BCUT2D eigenvalue weighted by molar-refractivity contribution is 6.02. The zero-order valence-corrected chi connectivity index (χ0v) is 14.2. The number of nitrogens with zero attached hydrogens (tertiary/aromatic N) is 1. The number of unbranched alkanes of at least 4 members (excludes halogenated alkanes) is 4. The third-order valence-corrected chi connectivity index (χ3v) is 4.17. The van der Waals surface area contributed by atoms with Crippen molar-refractivity contribution < 1.29 is 9.53 Å². The highest BCUT2D eigenvalue weighted by Gasteiger charge is 2.20. The van der Waals surface area contributed by atoms with E-state index < -0.39 is 0 Å². The molecule has 0 unspecified atom stereocenters. The summed E-state index contributed by atoms with van der Waals surface area (Å²) in [6.07, 6.45) is 5.62. The van der Waals surface area contributed by atoms with E-state index in [4.69, 9.17) is 4.74 Å². The maximum atomic E-state index is 12.8. The number of rotatable bonds is 8. The highest BCUT2D eigenvalue weighted by Crippen LogP contribution is 2.27. The van der Waals surface area contributed by atoms with Crippen LogP contribution in [0.4, 0.5) is 0 Å². The Labute approximate surface area is 137 Å². The van der Waals surface area contributed by atoms with Gasteiger partial charge in [0.05, 0.1) is 12.6 Å². The summed E-state index contributed by atoms with van der Waals surface area (Å²) in [6.45, 7) is 4.23. The number of Topliss-reactive ketones (excluding diaryl/α,β-unsaturated/α-hetero) is 1. The number of carbonyl (C=O) groups is 1. The predicted octanol–water partition coefficient (Wildman–Crippen LogP) is 4.18. The molecule has 0 fully saturated rings. The summed E-state index contributed by atoms with van der Waals surface area (Å²) in [5.74, 6) is 0.137. The van der Waals surface area contributed by atoms with Gasteiger partial charge in [0.15, 0.2) is 5.78 Å². The highest BCUT2D eigenvalue weighted by atomic mass is 16.5. The number of fused-ring (bicyclic) bond motifs is 1. The lowest BCUT2D eigenvalue weighted by Crippen LogP contribution is -2.27. The Morgan fingerprint density at radius 2 is 1.83 bits per heavy atom. The van der Waals surface area contributed by atoms with E-state index in [1.54, 1.807) is 4.57 Å². The van der Waals surface area contributed by atoms with Crippen LogP contribution in [0.5, 0.6) is 5.75 Å². The van der Waals surface area contributed by atoms with Crippen LogP contribution in [0.25, 0.3) is 10.9 Å². The number of aryl methyl sites for hydroxylation is 1. The number of carbonyl (C=O) groups excluding carboxylic acids is 1. The number of aromatic nitrogens is 1. The molecule has 0 atom stereocenters. The normalized spacial score (nSPS) is 10.9. The number of benzene rings is 1. The van der Waals surface area contributed by atoms with E-state index in [9.17, 15) is 9.59 Å². The average molecular weight is 315 g/mol. The van der Waals surface area contributed by atoms with E-state index in [1.807, 2.05) is 24.3 Å². The molecule has 4 nitrogen and oxygen atoms in total. The molecular weight excluding hydrogens is 290 g/mol. The SMILES string of the molecule is CCCCCCCn1c(=O)c(C(C)=O)c(OC)c2ccccc21. The van der Waals surface area contributed by atoms with Gasteiger partial charge < -0.3 is 9.30 Å². The van der Waals surface area contributed by atoms with Crippen LogP contribution in [0.1, 0.15) is 56.3 Å². The van der Waals surface area contributed by atoms with Crippen LogP contribution in [0.2, 0.25) is 0 Å². The number of para-hydroxylation sites is 1. The minimum atomic E-state index is -0.252. The van der Waals surface area contributed by atoms with Crippen molar-refractivity contribution in [3.8, 4) is 5.75 Å². The van der Waals surface area contributed by atoms with E-state index in [1.165, 1.54) is 33.3 Å². The smallest absolute Gasteiger partial charge is 0.265 e. The lowest BCUT2D eigenvalue weighted by Gasteiger charge is -2.16. The lowest BCUT2D eigenvalue weighted by atomic mass is 10.1. The Morgan fingerprint density at radius 3 is 2.48 bits per heavy atom. The average Bonchev–Trinajstić information content (AvgIpc) is 2.55. The second-order valence-corrected chi connectivity index (χ2v) is 5.85. The predicted molar refractivity (Wildman–Crippen MR) is 93.5 cm³/mol. The number of hydrogen-bond donors (Lipinski definition) is 0. The van der Waals surface area contributed by atoms with Gasteiger partial charge in [0.2, 0.25) is 0 Å². The topological polar surface area (TPSA) is 48.3 Å². The molecule has 0 radical (unpaired) electrons. The van der Waals surface area contributed by atoms with Crippen molar-refractivity contribution in [1.29, 1.82) is 0 Å². The largest absolute Gasteiger partial charge is 0.495 e. The van der Waals surface area contributed by atoms with Gasteiger partial charge in [0.1, 0.15) is 11.3 Å². The van der Waals surface area contributed by atoms with Crippen LogP contribution in [0.3, 0.4) is 0 Å². The summed E-state index contributed by atoms with van der Waals surface area (Å²) in [4.78, 5) is 24.7. The number of methoxy groups -OCH3 is 1. The van der Waals surface area contributed by atoms with Crippen LogP contribution >= 0.6 is 0 Å². The van der Waals surface area contributed by atoms with Crippen molar-refractivity contribution in [3.63, 3.8) is 0 Å². The fourth-order valence-corrected chi connectivity index (χ4v) is 3.00. The molecule has 0 aliphatic carbocycles. The van der Waals surface area contributed by atoms with E-state index >= 15 is 0 Å². The Morgan fingerprint density at radius 1 is 1.13 bits per heavy atom. The summed E-state index contributed by atoms with van der Waals surface area (Å²) >= 11 is 0. The second kappa shape index (κ2) is 7.95. The van der Waals surface area contributed by atoms with Gasteiger partial charge in [-0.3, -0.25) is 9.59 Å². The molecule has 0 spiro atoms.